The molecule has 1 heterocycles. The van der Waals surface area contributed by atoms with E-state index < -0.39 is 6.10 Å². The monoisotopic (exact) mass is 235 g/mol. The molecule has 2 unspecified atom stereocenters. The first-order valence-corrected chi connectivity index (χ1v) is 6.07. The van der Waals surface area contributed by atoms with Gasteiger partial charge in [-0.2, -0.15) is 0 Å². The Morgan fingerprint density at radius 3 is 2.65 bits per heavy atom. The molecule has 0 aromatic heterocycles. The highest BCUT2D eigenvalue weighted by atomic mass is 16.5. The lowest BCUT2D eigenvalue weighted by molar-refractivity contribution is 0.138. The molecule has 1 aromatic rings. The van der Waals surface area contributed by atoms with Crippen molar-refractivity contribution >= 4 is 0 Å². The maximum Gasteiger partial charge on any atom is 0.123 e. The molecule has 0 amide bonds. The van der Waals surface area contributed by atoms with Crippen molar-refractivity contribution in [3.63, 3.8) is 0 Å². The van der Waals surface area contributed by atoms with E-state index in [-0.39, 0.29) is 11.6 Å². The molecule has 0 spiro atoms. The minimum absolute atomic E-state index is 0.148. The Morgan fingerprint density at radius 2 is 2.06 bits per heavy atom. The van der Waals surface area contributed by atoms with E-state index in [1.165, 1.54) is 5.56 Å². The van der Waals surface area contributed by atoms with Crippen LogP contribution in [0.3, 0.4) is 0 Å². The summed E-state index contributed by atoms with van der Waals surface area (Å²) in [7, 11) is 0. The van der Waals surface area contributed by atoms with Gasteiger partial charge in [0.1, 0.15) is 11.4 Å². The standard InChI is InChI=1S/C14H21NO2/c1-8-10(13(16)9(2)15)5-6-12-11(8)7-14(3,4)17-12/h5-6,9,13,16H,7,15H2,1-4H3. The van der Waals surface area contributed by atoms with Gasteiger partial charge < -0.3 is 15.6 Å². The summed E-state index contributed by atoms with van der Waals surface area (Å²) in [6.07, 6.45) is 0.275. The average molecular weight is 235 g/mol. The molecule has 0 bridgehead atoms. The van der Waals surface area contributed by atoms with Gasteiger partial charge in [-0.25, -0.2) is 0 Å². The predicted molar refractivity (Wildman–Crippen MR) is 68.2 cm³/mol. The maximum atomic E-state index is 10.1. The second-order valence-corrected chi connectivity index (χ2v) is 5.60. The van der Waals surface area contributed by atoms with Gasteiger partial charge in [0.05, 0.1) is 6.10 Å². The molecule has 0 saturated heterocycles. The molecule has 3 N–H and O–H groups in total. The molecule has 0 aliphatic carbocycles. The lowest BCUT2D eigenvalue weighted by Gasteiger charge is -2.18. The summed E-state index contributed by atoms with van der Waals surface area (Å²) >= 11 is 0. The molecule has 1 aliphatic heterocycles. The first-order chi connectivity index (χ1) is 7.82. The predicted octanol–water partition coefficient (Wildman–Crippen LogP) is 2.09. The summed E-state index contributed by atoms with van der Waals surface area (Å²) < 4.78 is 5.86. The number of ether oxygens (including phenoxy) is 1. The molecule has 17 heavy (non-hydrogen) atoms. The lowest BCUT2D eigenvalue weighted by Crippen LogP contribution is -2.25. The zero-order valence-electron chi connectivity index (χ0n) is 10.9. The molecule has 0 radical (unpaired) electrons. The Balaban J connectivity index is 2.42. The van der Waals surface area contributed by atoms with E-state index in [9.17, 15) is 5.11 Å². The average Bonchev–Trinajstić information content (AvgIpc) is 2.53. The zero-order chi connectivity index (χ0) is 12.8. The van der Waals surface area contributed by atoms with E-state index in [1.807, 2.05) is 26.0 Å². The Bertz CT molecular complexity index is 438. The molecular weight excluding hydrogens is 214 g/mol. The number of aliphatic hydroxyl groups excluding tert-OH is 1. The Kier molecular flexibility index (Phi) is 2.92. The van der Waals surface area contributed by atoms with Crippen LogP contribution in [0.25, 0.3) is 0 Å². The van der Waals surface area contributed by atoms with Crippen LogP contribution < -0.4 is 10.5 Å². The van der Waals surface area contributed by atoms with E-state index in [2.05, 4.69) is 13.8 Å². The van der Waals surface area contributed by atoms with Gasteiger partial charge in [-0.15, -0.1) is 0 Å². The highest BCUT2D eigenvalue weighted by Gasteiger charge is 2.32. The van der Waals surface area contributed by atoms with Crippen molar-refractivity contribution in [1.29, 1.82) is 0 Å². The molecular formula is C14H21NO2. The number of nitrogens with two attached hydrogens (primary N) is 1. The number of fused-ring (bicyclic) bond motifs is 1. The molecule has 1 aliphatic rings. The van der Waals surface area contributed by atoms with Crippen LogP contribution in [0.4, 0.5) is 0 Å². The van der Waals surface area contributed by atoms with Crippen molar-refractivity contribution in [3.8, 4) is 5.75 Å². The maximum absolute atomic E-state index is 10.1. The fourth-order valence-corrected chi connectivity index (χ4v) is 2.43. The molecule has 2 atom stereocenters. The normalized spacial score (nSPS) is 20.6. The first-order valence-electron chi connectivity index (χ1n) is 6.07. The third-order valence-corrected chi connectivity index (χ3v) is 3.40. The minimum atomic E-state index is -0.607. The van der Waals surface area contributed by atoms with Crippen LogP contribution in [0.2, 0.25) is 0 Å². The van der Waals surface area contributed by atoms with Crippen LogP contribution in [0.5, 0.6) is 5.75 Å². The van der Waals surface area contributed by atoms with Gasteiger partial charge in [0.25, 0.3) is 0 Å². The Hall–Kier alpha value is -1.06. The highest BCUT2D eigenvalue weighted by molar-refractivity contribution is 5.49. The van der Waals surface area contributed by atoms with Gasteiger partial charge in [-0.05, 0) is 44.9 Å². The summed E-state index contributed by atoms with van der Waals surface area (Å²) in [6, 6.07) is 3.60. The topological polar surface area (TPSA) is 55.5 Å². The number of hydrogen-bond donors (Lipinski definition) is 2. The SMILES string of the molecule is Cc1c(C(O)C(C)N)ccc2c1CC(C)(C)O2. The van der Waals surface area contributed by atoms with Crippen LogP contribution in [-0.4, -0.2) is 16.7 Å². The van der Waals surface area contributed by atoms with Crippen molar-refractivity contribution in [3.05, 3.63) is 28.8 Å². The van der Waals surface area contributed by atoms with Crippen molar-refractivity contribution in [2.75, 3.05) is 0 Å². The summed E-state index contributed by atoms with van der Waals surface area (Å²) in [4.78, 5) is 0. The third kappa shape index (κ3) is 2.17. The summed E-state index contributed by atoms with van der Waals surface area (Å²) in [6.45, 7) is 8.00. The fraction of sp³-hybridized carbons (Fsp3) is 0.571. The van der Waals surface area contributed by atoms with E-state index in [0.717, 1.165) is 23.3 Å². The second-order valence-electron chi connectivity index (χ2n) is 5.60. The molecule has 3 nitrogen and oxygen atoms in total. The molecule has 94 valence electrons. The van der Waals surface area contributed by atoms with Crippen LogP contribution in [0.1, 0.15) is 43.6 Å². The quantitative estimate of drug-likeness (QED) is 0.825. The van der Waals surface area contributed by atoms with Crippen LogP contribution in [-0.2, 0) is 6.42 Å². The molecule has 2 rings (SSSR count). The van der Waals surface area contributed by atoms with Gasteiger partial charge in [0, 0.05) is 18.0 Å². The lowest BCUT2D eigenvalue weighted by atomic mass is 9.91. The minimum Gasteiger partial charge on any atom is -0.487 e. The van der Waals surface area contributed by atoms with Crippen molar-refractivity contribution in [2.45, 2.75) is 51.9 Å². The fourth-order valence-electron chi connectivity index (χ4n) is 2.43. The van der Waals surface area contributed by atoms with Gasteiger partial charge in [-0.3, -0.25) is 0 Å². The third-order valence-electron chi connectivity index (χ3n) is 3.40. The van der Waals surface area contributed by atoms with E-state index >= 15 is 0 Å². The van der Waals surface area contributed by atoms with E-state index in [1.54, 1.807) is 0 Å². The smallest absolute Gasteiger partial charge is 0.123 e. The van der Waals surface area contributed by atoms with Crippen LogP contribution >= 0.6 is 0 Å². The number of benzene rings is 1. The van der Waals surface area contributed by atoms with Gasteiger partial charge in [0.15, 0.2) is 0 Å². The van der Waals surface area contributed by atoms with Crippen molar-refractivity contribution < 1.29 is 9.84 Å². The largest absolute Gasteiger partial charge is 0.487 e. The Morgan fingerprint density at radius 1 is 1.41 bits per heavy atom. The molecule has 1 aromatic carbocycles. The highest BCUT2D eigenvalue weighted by Crippen LogP contribution is 2.39. The summed E-state index contributed by atoms with van der Waals surface area (Å²) in [5.41, 5.74) is 8.83. The Labute approximate surface area is 103 Å². The molecule has 3 heteroatoms. The summed E-state index contributed by atoms with van der Waals surface area (Å²) in [5.74, 6) is 0.938. The second kappa shape index (κ2) is 4.00. The number of hydrogen-bond acceptors (Lipinski definition) is 3. The molecule has 0 saturated carbocycles. The number of rotatable bonds is 2. The van der Waals surface area contributed by atoms with Gasteiger partial charge >= 0.3 is 0 Å². The van der Waals surface area contributed by atoms with Crippen LogP contribution in [0.15, 0.2) is 12.1 Å². The summed E-state index contributed by atoms with van der Waals surface area (Å²) in [5, 5.41) is 10.1. The zero-order valence-corrected chi connectivity index (χ0v) is 10.9. The molecule has 0 fully saturated rings. The number of aliphatic hydroxyl groups is 1. The van der Waals surface area contributed by atoms with E-state index in [0.29, 0.717) is 0 Å². The van der Waals surface area contributed by atoms with Gasteiger partial charge in [-0.1, -0.05) is 6.07 Å². The van der Waals surface area contributed by atoms with Gasteiger partial charge in [0.2, 0.25) is 0 Å². The first kappa shape index (κ1) is 12.4. The van der Waals surface area contributed by atoms with E-state index in [4.69, 9.17) is 10.5 Å². The van der Waals surface area contributed by atoms with Crippen LogP contribution in [0, 0.1) is 6.92 Å². The van der Waals surface area contributed by atoms with Crippen molar-refractivity contribution in [2.24, 2.45) is 5.73 Å². The van der Waals surface area contributed by atoms with Crippen molar-refractivity contribution in [1.82, 2.24) is 0 Å².